The molecule has 148 valence electrons. The molecular weight excluding hydrogens is 324 g/mol. The van der Waals surface area contributed by atoms with Crippen LogP contribution in [0.15, 0.2) is 0 Å². The van der Waals surface area contributed by atoms with E-state index >= 15 is 0 Å². The predicted octanol–water partition coefficient (Wildman–Crippen LogP) is 5.25. The third-order valence-electron chi connectivity index (χ3n) is 0.393. The molecule has 5 N–H and O–H groups in total. The van der Waals surface area contributed by atoms with Crippen molar-refractivity contribution in [2.75, 3.05) is 0 Å². The van der Waals surface area contributed by atoms with Crippen molar-refractivity contribution in [3.05, 3.63) is 0 Å². The van der Waals surface area contributed by atoms with Crippen LogP contribution in [0.4, 0.5) is 14.4 Å². The standard InChI is InChI=1S/C5H10O3.2C4H10.2CH2O3/c1-5(2,3)8-4(6)7;2*1-4(2)3;2*2-1(3)4/h1-3H3,(H,6,7);2*4H,1-3H3;2*(H2,2,3,4). The highest BCUT2D eigenvalue weighted by Crippen LogP contribution is 2.05. The van der Waals surface area contributed by atoms with Crippen molar-refractivity contribution < 1.29 is 44.7 Å². The zero-order valence-corrected chi connectivity index (χ0v) is 16.0. The van der Waals surface area contributed by atoms with Crippen LogP contribution < -0.4 is 0 Å². The van der Waals surface area contributed by atoms with E-state index in [9.17, 15) is 4.79 Å². The first kappa shape index (κ1) is 33.4. The summed E-state index contributed by atoms with van der Waals surface area (Å²) in [5.41, 5.74) is -0.578. The summed E-state index contributed by atoms with van der Waals surface area (Å²) in [5.74, 6) is 1.67. The second-order valence-electron chi connectivity index (χ2n) is 6.51. The molecule has 0 atom stereocenters. The van der Waals surface area contributed by atoms with E-state index < -0.39 is 24.1 Å². The monoisotopic (exact) mass is 358 g/mol. The molecule has 0 aliphatic carbocycles. The van der Waals surface area contributed by atoms with Gasteiger partial charge in [-0.15, -0.1) is 0 Å². The summed E-state index contributed by atoms with van der Waals surface area (Å²) in [6.07, 6.45) is -4.89. The van der Waals surface area contributed by atoms with Gasteiger partial charge in [-0.1, -0.05) is 41.5 Å². The summed E-state index contributed by atoms with van der Waals surface area (Å²) in [5, 5.41) is 35.9. The molecule has 0 radical (unpaired) electrons. The molecule has 0 aromatic rings. The normalized spacial score (nSPS) is 8.62. The van der Waals surface area contributed by atoms with Gasteiger partial charge in [0.05, 0.1) is 0 Å². The lowest BCUT2D eigenvalue weighted by atomic mass is 10.2. The van der Waals surface area contributed by atoms with Gasteiger partial charge >= 0.3 is 18.5 Å². The van der Waals surface area contributed by atoms with E-state index in [-0.39, 0.29) is 0 Å². The van der Waals surface area contributed by atoms with Crippen molar-refractivity contribution in [3.63, 3.8) is 0 Å². The van der Waals surface area contributed by atoms with Crippen LogP contribution in [-0.2, 0) is 4.74 Å². The van der Waals surface area contributed by atoms with E-state index in [1.807, 2.05) is 0 Å². The van der Waals surface area contributed by atoms with Crippen molar-refractivity contribution in [3.8, 4) is 0 Å². The fourth-order valence-electron chi connectivity index (χ4n) is 0.262. The molecule has 0 saturated heterocycles. The molecular formula is C15H34O9. The van der Waals surface area contributed by atoms with Gasteiger partial charge in [0.2, 0.25) is 0 Å². The zero-order valence-electron chi connectivity index (χ0n) is 16.0. The second-order valence-corrected chi connectivity index (χ2v) is 6.51. The highest BCUT2D eigenvalue weighted by molar-refractivity contribution is 5.57. The summed E-state index contributed by atoms with van der Waals surface area (Å²) in [6.45, 7) is 18.0. The van der Waals surface area contributed by atoms with Crippen LogP contribution in [0.1, 0.15) is 62.3 Å². The molecule has 0 bridgehead atoms. The predicted molar refractivity (Wildman–Crippen MR) is 91.2 cm³/mol. The van der Waals surface area contributed by atoms with Crippen molar-refractivity contribution in [2.45, 2.75) is 67.9 Å². The van der Waals surface area contributed by atoms with E-state index in [4.69, 9.17) is 35.1 Å². The van der Waals surface area contributed by atoms with E-state index in [2.05, 4.69) is 46.3 Å². The Bertz CT molecular complexity index is 273. The molecule has 0 aliphatic rings. The average molecular weight is 358 g/mol. The van der Waals surface area contributed by atoms with E-state index in [1.165, 1.54) is 0 Å². The van der Waals surface area contributed by atoms with Gasteiger partial charge in [0.25, 0.3) is 0 Å². The Morgan fingerprint density at radius 1 is 0.667 bits per heavy atom. The Morgan fingerprint density at radius 3 is 0.792 bits per heavy atom. The minimum atomic E-state index is -1.83. The van der Waals surface area contributed by atoms with Gasteiger partial charge < -0.3 is 30.3 Å². The number of rotatable bonds is 0. The van der Waals surface area contributed by atoms with Gasteiger partial charge in [-0.3, -0.25) is 0 Å². The lowest BCUT2D eigenvalue weighted by Crippen LogP contribution is -2.22. The van der Waals surface area contributed by atoms with Crippen LogP contribution in [-0.4, -0.2) is 49.6 Å². The Morgan fingerprint density at radius 2 is 0.792 bits per heavy atom. The number of hydrogen-bond donors (Lipinski definition) is 5. The molecule has 0 fully saturated rings. The molecule has 9 nitrogen and oxygen atoms in total. The Kier molecular flexibility index (Phi) is 29.0. The summed E-state index contributed by atoms with van der Waals surface area (Å²) < 4.78 is 4.35. The summed E-state index contributed by atoms with van der Waals surface area (Å²) >= 11 is 0. The fourth-order valence-corrected chi connectivity index (χ4v) is 0.262. The van der Waals surface area contributed by atoms with Crippen LogP contribution in [0.25, 0.3) is 0 Å². The molecule has 0 aliphatic heterocycles. The number of ether oxygens (including phenoxy) is 1. The topological polar surface area (TPSA) is 162 Å². The van der Waals surface area contributed by atoms with Crippen LogP contribution >= 0.6 is 0 Å². The van der Waals surface area contributed by atoms with Crippen molar-refractivity contribution >= 4 is 18.5 Å². The average Bonchev–Trinajstić information content (AvgIpc) is 2.06. The van der Waals surface area contributed by atoms with E-state index in [0.29, 0.717) is 0 Å². The Balaban J connectivity index is -0.0000000657. The molecule has 9 heteroatoms. The van der Waals surface area contributed by atoms with E-state index in [0.717, 1.165) is 11.8 Å². The Hall–Kier alpha value is -2.19. The smallest absolute Gasteiger partial charge is 0.450 e. The highest BCUT2D eigenvalue weighted by atomic mass is 16.7. The first-order valence-corrected chi connectivity index (χ1v) is 7.10. The Labute approximate surface area is 143 Å². The van der Waals surface area contributed by atoms with Crippen molar-refractivity contribution in [1.29, 1.82) is 0 Å². The third kappa shape index (κ3) is 888. The van der Waals surface area contributed by atoms with Gasteiger partial charge in [-0.2, -0.15) is 0 Å². The first-order valence-electron chi connectivity index (χ1n) is 7.10. The van der Waals surface area contributed by atoms with Gasteiger partial charge in [-0.25, -0.2) is 14.4 Å². The maximum Gasteiger partial charge on any atom is 0.506 e. The number of hydrogen-bond acceptors (Lipinski definition) is 4. The fraction of sp³-hybridized carbons (Fsp3) is 0.800. The maximum atomic E-state index is 9.79. The van der Waals surface area contributed by atoms with Gasteiger partial charge in [0.15, 0.2) is 0 Å². The summed E-state index contributed by atoms with van der Waals surface area (Å²) in [4.78, 5) is 26.9. The van der Waals surface area contributed by atoms with Crippen molar-refractivity contribution in [2.24, 2.45) is 11.8 Å². The minimum absolute atomic E-state index is 0.578. The molecule has 0 saturated carbocycles. The minimum Gasteiger partial charge on any atom is -0.450 e. The molecule has 0 heterocycles. The molecule has 24 heavy (non-hydrogen) atoms. The van der Waals surface area contributed by atoms with Gasteiger partial charge in [0, 0.05) is 0 Å². The molecule has 0 aromatic carbocycles. The second kappa shape index (κ2) is 20.8. The molecule has 0 spiro atoms. The van der Waals surface area contributed by atoms with Crippen LogP contribution in [0.5, 0.6) is 0 Å². The largest absolute Gasteiger partial charge is 0.506 e. The van der Waals surface area contributed by atoms with Crippen LogP contribution in [0.3, 0.4) is 0 Å². The lowest BCUT2D eigenvalue weighted by Gasteiger charge is -2.15. The maximum absolute atomic E-state index is 9.79. The molecule has 0 aromatic heterocycles. The first-order chi connectivity index (χ1) is 10.3. The molecule has 0 rings (SSSR count). The zero-order chi connectivity index (χ0) is 21.1. The van der Waals surface area contributed by atoms with Gasteiger partial charge in [-0.05, 0) is 32.6 Å². The molecule has 0 amide bonds. The van der Waals surface area contributed by atoms with Crippen molar-refractivity contribution in [1.82, 2.24) is 0 Å². The molecule has 0 unspecified atom stereocenters. The third-order valence-corrected chi connectivity index (χ3v) is 0.393. The van der Waals surface area contributed by atoms with E-state index in [1.54, 1.807) is 20.8 Å². The van der Waals surface area contributed by atoms with Crippen LogP contribution in [0, 0.1) is 11.8 Å². The summed E-state index contributed by atoms with van der Waals surface area (Å²) in [6, 6.07) is 0. The number of carbonyl (C=O) groups is 3. The van der Waals surface area contributed by atoms with Gasteiger partial charge in [0.1, 0.15) is 5.60 Å². The quantitative estimate of drug-likeness (QED) is 0.364. The SMILES string of the molecule is CC(C)(C)OC(=O)O.CC(C)C.CC(C)C.O=C(O)O.O=C(O)O. The highest BCUT2D eigenvalue weighted by Gasteiger charge is 2.13. The van der Waals surface area contributed by atoms with Crippen LogP contribution in [0.2, 0.25) is 0 Å². The lowest BCUT2D eigenvalue weighted by molar-refractivity contribution is 0.0150. The summed E-state index contributed by atoms with van der Waals surface area (Å²) in [7, 11) is 0. The number of carboxylic acid groups (broad SMARTS) is 5.